The maximum atomic E-state index is 13.5. The zero-order valence-corrected chi connectivity index (χ0v) is 15.3. The van der Waals surface area contributed by atoms with Crippen LogP contribution >= 0.6 is 11.6 Å². The highest BCUT2D eigenvalue weighted by atomic mass is 35.5. The van der Waals surface area contributed by atoms with Crippen molar-refractivity contribution < 1.29 is 23.5 Å². The number of carbonyl (C=O) groups is 2. The van der Waals surface area contributed by atoms with E-state index in [-0.39, 0.29) is 43.2 Å². The number of benzene rings is 2. The van der Waals surface area contributed by atoms with E-state index in [0.717, 1.165) is 0 Å². The van der Waals surface area contributed by atoms with Crippen LogP contribution in [0.5, 0.6) is 11.5 Å². The van der Waals surface area contributed by atoms with Gasteiger partial charge in [-0.25, -0.2) is 4.39 Å². The molecule has 1 aliphatic rings. The molecule has 0 saturated carbocycles. The maximum Gasteiger partial charge on any atom is 0.260 e. The molecule has 8 heteroatoms. The summed E-state index contributed by atoms with van der Waals surface area (Å²) in [4.78, 5) is 25.8. The van der Waals surface area contributed by atoms with E-state index in [0.29, 0.717) is 16.5 Å². The van der Waals surface area contributed by atoms with Gasteiger partial charge in [0.15, 0.2) is 18.2 Å². The Hall–Kier alpha value is -2.80. The fourth-order valence-corrected chi connectivity index (χ4v) is 2.89. The number of carbonyl (C=O) groups excluding carboxylic acids is 2. The molecule has 1 heterocycles. The molecule has 3 rings (SSSR count). The lowest BCUT2D eigenvalue weighted by atomic mass is 9.99. The summed E-state index contributed by atoms with van der Waals surface area (Å²) in [6.45, 7) is 0.299. The summed E-state index contributed by atoms with van der Waals surface area (Å²) in [5.41, 5.74) is 0.554. The third-order valence-corrected chi connectivity index (χ3v) is 4.51. The lowest BCUT2D eigenvalue weighted by molar-refractivity contribution is -0.143. The number of rotatable bonds is 6. The van der Waals surface area contributed by atoms with Gasteiger partial charge in [0.25, 0.3) is 5.91 Å². The quantitative estimate of drug-likeness (QED) is 0.820. The van der Waals surface area contributed by atoms with Crippen LogP contribution in [0.3, 0.4) is 0 Å². The van der Waals surface area contributed by atoms with Crippen LogP contribution in [0.1, 0.15) is 0 Å². The van der Waals surface area contributed by atoms with Gasteiger partial charge in [-0.05, 0) is 30.3 Å². The summed E-state index contributed by atoms with van der Waals surface area (Å²) < 4.78 is 23.7. The molecule has 0 atom stereocenters. The van der Waals surface area contributed by atoms with Crippen LogP contribution in [0, 0.1) is 11.7 Å². The first-order chi connectivity index (χ1) is 13.0. The second-order valence-corrected chi connectivity index (χ2v) is 6.46. The summed E-state index contributed by atoms with van der Waals surface area (Å²) in [6.07, 6.45) is 0. The molecular weight excluding hydrogens is 375 g/mol. The Morgan fingerprint density at radius 1 is 1.22 bits per heavy atom. The Morgan fingerprint density at radius 3 is 2.63 bits per heavy atom. The highest BCUT2D eigenvalue weighted by molar-refractivity contribution is 6.32. The fraction of sp³-hybridized carbons (Fsp3) is 0.263. The van der Waals surface area contributed by atoms with Crippen molar-refractivity contribution in [3.63, 3.8) is 0 Å². The maximum absolute atomic E-state index is 13.5. The van der Waals surface area contributed by atoms with Crippen LogP contribution < -0.4 is 14.8 Å². The number of hydrogen-bond donors (Lipinski definition) is 1. The van der Waals surface area contributed by atoms with E-state index in [2.05, 4.69) is 5.32 Å². The average molecular weight is 393 g/mol. The Morgan fingerprint density at radius 2 is 1.96 bits per heavy atom. The lowest BCUT2D eigenvalue weighted by Crippen LogP contribution is -2.55. The van der Waals surface area contributed by atoms with Crippen molar-refractivity contribution in [1.82, 2.24) is 4.90 Å². The van der Waals surface area contributed by atoms with Crippen molar-refractivity contribution in [3.8, 4) is 11.5 Å². The van der Waals surface area contributed by atoms with E-state index in [9.17, 15) is 14.0 Å². The molecule has 0 radical (unpaired) electrons. The molecule has 6 nitrogen and oxygen atoms in total. The first kappa shape index (κ1) is 19.0. The zero-order valence-electron chi connectivity index (χ0n) is 14.6. The minimum Gasteiger partial charge on any atom is -0.495 e. The van der Waals surface area contributed by atoms with Gasteiger partial charge >= 0.3 is 0 Å². The molecule has 0 aliphatic carbocycles. The van der Waals surface area contributed by atoms with Gasteiger partial charge in [-0.15, -0.1) is 0 Å². The van der Waals surface area contributed by atoms with Gasteiger partial charge < -0.3 is 19.7 Å². The second-order valence-electron chi connectivity index (χ2n) is 6.05. The van der Waals surface area contributed by atoms with Crippen LogP contribution in [0.4, 0.5) is 10.1 Å². The van der Waals surface area contributed by atoms with Gasteiger partial charge in [0.05, 0.1) is 18.1 Å². The molecule has 0 unspecified atom stereocenters. The molecule has 0 bridgehead atoms. The number of likely N-dealkylation sites (tertiary alicyclic amines) is 1. The van der Waals surface area contributed by atoms with Crippen molar-refractivity contribution >= 4 is 29.1 Å². The largest absolute Gasteiger partial charge is 0.495 e. The van der Waals surface area contributed by atoms with E-state index in [4.69, 9.17) is 21.1 Å². The number of methoxy groups -OCH3 is 1. The number of ether oxygens (including phenoxy) is 2. The zero-order chi connectivity index (χ0) is 19.4. The van der Waals surface area contributed by atoms with Gasteiger partial charge in [0, 0.05) is 18.8 Å². The number of nitrogens with one attached hydrogen (secondary N) is 1. The normalized spacial score (nSPS) is 13.7. The van der Waals surface area contributed by atoms with Crippen molar-refractivity contribution in [2.45, 2.75) is 0 Å². The van der Waals surface area contributed by atoms with E-state index in [1.165, 1.54) is 24.1 Å². The minimum absolute atomic E-state index is 0.0250. The summed E-state index contributed by atoms with van der Waals surface area (Å²) in [7, 11) is 1.51. The highest BCUT2D eigenvalue weighted by Crippen LogP contribution is 2.28. The number of halogens is 2. The predicted molar refractivity (Wildman–Crippen MR) is 98.6 cm³/mol. The summed E-state index contributed by atoms with van der Waals surface area (Å²) in [5, 5.41) is 3.16. The topological polar surface area (TPSA) is 67.9 Å². The standard InChI is InChI=1S/C19H18ClFN2O4/c1-26-16-7-6-13(8-14(16)20)22-19(25)12-9-23(10-12)18(24)11-27-17-5-3-2-4-15(17)21/h2-8,12H,9-11H2,1H3,(H,22,25). The van der Waals surface area contributed by atoms with Crippen LogP contribution in [-0.2, 0) is 9.59 Å². The molecule has 1 aliphatic heterocycles. The van der Waals surface area contributed by atoms with Gasteiger partial charge in [-0.1, -0.05) is 23.7 Å². The molecular formula is C19H18ClFN2O4. The fourth-order valence-electron chi connectivity index (χ4n) is 2.63. The lowest BCUT2D eigenvalue weighted by Gasteiger charge is -2.38. The van der Waals surface area contributed by atoms with Crippen molar-refractivity contribution in [1.29, 1.82) is 0 Å². The van der Waals surface area contributed by atoms with Crippen LogP contribution in [0.15, 0.2) is 42.5 Å². The molecule has 2 amide bonds. The first-order valence-electron chi connectivity index (χ1n) is 8.27. The Balaban J connectivity index is 1.45. The Labute approximate surface area is 160 Å². The number of amides is 2. The SMILES string of the molecule is COc1ccc(NC(=O)C2CN(C(=O)COc3ccccc3F)C2)cc1Cl. The molecule has 2 aromatic rings. The number of para-hydroxylation sites is 1. The summed E-state index contributed by atoms with van der Waals surface area (Å²) in [6, 6.07) is 10.8. The highest BCUT2D eigenvalue weighted by Gasteiger charge is 2.35. The third-order valence-electron chi connectivity index (χ3n) is 4.21. The van der Waals surface area contributed by atoms with Crippen molar-refractivity contribution in [2.24, 2.45) is 5.92 Å². The third kappa shape index (κ3) is 4.49. The van der Waals surface area contributed by atoms with Crippen LogP contribution in [0.25, 0.3) is 0 Å². The second kappa shape index (κ2) is 8.26. The molecule has 1 saturated heterocycles. The monoisotopic (exact) mass is 392 g/mol. The number of hydrogen-bond acceptors (Lipinski definition) is 4. The Bertz CT molecular complexity index is 855. The van der Waals surface area contributed by atoms with Gasteiger partial charge in [0.1, 0.15) is 5.75 Å². The number of anilines is 1. The molecule has 27 heavy (non-hydrogen) atoms. The van der Waals surface area contributed by atoms with E-state index in [1.807, 2.05) is 0 Å². The molecule has 142 valence electrons. The van der Waals surface area contributed by atoms with E-state index < -0.39 is 5.82 Å². The average Bonchev–Trinajstić information content (AvgIpc) is 2.60. The van der Waals surface area contributed by atoms with Crippen LogP contribution in [-0.4, -0.2) is 43.5 Å². The molecule has 0 aromatic heterocycles. The van der Waals surface area contributed by atoms with Crippen molar-refractivity contribution in [2.75, 3.05) is 32.1 Å². The van der Waals surface area contributed by atoms with E-state index >= 15 is 0 Å². The molecule has 2 aromatic carbocycles. The van der Waals surface area contributed by atoms with Gasteiger partial charge in [-0.3, -0.25) is 9.59 Å². The molecule has 0 spiro atoms. The smallest absolute Gasteiger partial charge is 0.260 e. The Kier molecular flexibility index (Phi) is 5.81. The molecule has 1 N–H and O–H groups in total. The summed E-state index contributed by atoms with van der Waals surface area (Å²) >= 11 is 6.03. The summed E-state index contributed by atoms with van der Waals surface area (Å²) in [5.74, 6) is -0.792. The number of nitrogens with zero attached hydrogens (tertiary/aromatic N) is 1. The first-order valence-corrected chi connectivity index (χ1v) is 8.65. The predicted octanol–water partition coefficient (Wildman–Crippen LogP) is 2.96. The van der Waals surface area contributed by atoms with Crippen molar-refractivity contribution in [3.05, 3.63) is 53.3 Å². The van der Waals surface area contributed by atoms with Gasteiger partial charge in [-0.2, -0.15) is 0 Å². The van der Waals surface area contributed by atoms with Gasteiger partial charge in [0.2, 0.25) is 5.91 Å². The minimum atomic E-state index is -0.524. The van der Waals surface area contributed by atoms with E-state index in [1.54, 1.807) is 30.3 Å². The van der Waals surface area contributed by atoms with Crippen LogP contribution in [0.2, 0.25) is 5.02 Å². The molecule has 1 fully saturated rings.